The second kappa shape index (κ2) is 9.97. The van der Waals surface area contributed by atoms with E-state index in [-0.39, 0.29) is 18.4 Å². The molecule has 0 aliphatic rings. The highest BCUT2D eigenvalue weighted by molar-refractivity contribution is 6.31. The van der Waals surface area contributed by atoms with Crippen LogP contribution in [-0.4, -0.2) is 35.9 Å². The summed E-state index contributed by atoms with van der Waals surface area (Å²) < 4.78 is 5.63. The summed E-state index contributed by atoms with van der Waals surface area (Å²) >= 11 is 6.02. The van der Waals surface area contributed by atoms with Crippen LogP contribution in [-0.2, 0) is 16.1 Å². The third kappa shape index (κ3) is 6.00. The van der Waals surface area contributed by atoms with Crippen molar-refractivity contribution in [3.63, 3.8) is 0 Å². The van der Waals surface area contributed by atoms with Gasteiger partial charge in [-0.3, -0.25) is 9.59 Å². The van der Waals surface area contributed by atoms with E-state index in [0.29, 0.717) is 23.9 Å². The van der Waals surface area contributed by atoms with Gasteiger partial charge < -0.3 is 15.0 Å². The molecule has 0 spiro atoms. The average Bonchev–Trinajstić information content (AvgIpc) is 2.67. The lowest BCUT2D eigenvalue weighted by molar-refractivity contribution is -0.142. The van der Waals surface area contributed by atoms with E-state index in [2.05, 4.69) is 5.32 Å². The van der Waals surface area contributed by atoms with E-state index in [1.165, 1.54) is 4.90 Å². The molecular formula is C21H25ClN2O3. The van der Waals surface area contributed by atoms with Gasteiger partial charge >= 0.3 is 0 Å². The van der Waals surface area contributed by atoms with Crippen molar-refractivity contribution >= 4 is 23.4 Å². The first-order chi connectivity index (χ1) is 12.9. The number of aryl methyl sites for hydroxylation is 1. The fourth-order valence-electron chi connectivity index (χ4n) is 2.62. The van der Waals surface area contributed by atoms with Gasteiger partial charge in [-0.05, 0) is 50.1 Å². The number of ether oxygens (including phenoxy) is 1. The Balaban J connectivity index is 2.11. The Morgan fingerprint density at radius 1 is 1.19 bits per heavy atom. The lowest BCUT2D eigenvalue weighted by Gasteiger charge is -2.28. The number of nitrogens with zero attached hydrogens (tertiary/aromatic N) is 1. The summed E-state index contributed by atoms with van der Waals surface area (Å²) in [5.74, 6) is 0.116. The molecule has 144 valence electrons. The van der Waals surface area contributed by atoms with Crippen molar-refractivity contribution in [2.24, 2.45) is 0 Å². The second-order valence-corrected chi connectivity index (χ2v) is 6.68. The van der Waals surface area contributed by atoms with Crippen LogP contribution in [0.5, 0.6) is 5.75 Å². The highest BCUT2D eigenvalue weighted by atomic mass is 35.5. The minimum atomic E-state index is -0.604. The van der Waals surface area contributed by atoms with Crippen molar-refractivity contribution in [3.8, 4) is 5.75 Å². The first-order valence-electron chi connectivity index (χ1n) is 8.92. The number of benzene rings is 2. The number of carbonyl (C=O) groups is 2. The molecule has 0 saturated carbocycles. The molecule has 0 bridgehead atoms. The normalized spacial score (nSPS) is 11.6. The zero-order chi connectivity index (χ0) is 19.8. The third-order valence-electron chi connectivity index (χ3n) is 4.21. The van der Waals surface area contributed by atoms with Gasteiger partial charge in [0.25, 0.3) is 5.91 Å². The van der Waals surface area contributed by atoms with E-state index >= 15 is 0 Å². The molecule has 0 aromatic heterocycles. The maximum Gasteiger partial charge on any atom is 0.261 e. The zero-order valence-corrected chi connectivity index (χ0v) is 16.6. The summed E-state index contributed by atoms with van der Waals surface area (Å²) in [7, 11) is 0. The summed E-state index contributed by atoms with van der Waals surface area (Å²) in [6, 6.07) is 14.2. The second-order valence-electron chi connectivity index (χ2n) is 6.28. The van der Waals surface area contributed by atoms with Gasteiger partial charge in [0, 0.05) is 18.1 Å². The van der Waals surface area contributed by atoms with Crippen LogP contribution in [0.2, 0.25) is 5.02 Å². The molecule has 0 saturated heterocycles. The van der Waals surface area contributed by atoms with Crippen LogP contribution in [0.15, 0.2) is 48.5 Å². The van der Waals surface area contributed by atoms with Gasteiger partial charge in [-0.25, -0.2) is 0 Å². The topological polar surface area (TPSA) is 58.6 Å². The maximum absolute atomic E-state index is 12.8. The Kier molecular flexibility index (Phi) is 7.67. The van der Waals surface area contributed by atoms with Crippen LogP contribution in [0.4, 0.5) is 0 Å². The number of carbonyl (C=O) groups excluding carboxylic acids is 2. The molecule has 2 rings (SSSR count). The summed E-state index contributed by atoms with van der Waals surface area (Å²) in [6.45, 7) is 6.13. The number of rotatable bonds is 8. The van der Waals surface area contributed by atoms with E-state index in [1.54, 1.807) is 25.1 Å². The van der Waals surface area contributed by atoms with Crippen molar-refractivity contribution in [2.75, 3.05) is 13.2 Å². The highest BCUT2D eigenvalue weighted by Gasteiger charge is 2.26. The molecule has 1 N–H and O–H groups in total. The van der Waals surface area contributed by atoms with Crippen molar-refractivity contribution in [3.05, 3.63) is 64.7 Å². The lowest BCUT2D eigenvalue weighted by Crippen LogP contribution is -2.49. The standard InChI is InChI=1S/C21H25ClN2O3/c1-4-23-21(26)16(3)24(13-17-8-6-5-7-9-17)20(25)14-27-18-10-11-19(22)15(2)12-18/h5-12,16H,4,13-14H2,1-3H3,(H,23,26). The first kappa shape index (κ1) is 20.8. The van der Waals surface area contributed by atoms with Crippen LogP contribution >= 0.6 is 11.6 Å². The fourth-order valence-corrected chi connectivity index (χ4v) is 2.74. The molecule has 1 unspecified atom stereocenters. The molecule has 0 aliphatic carbocycles. The smallest absolute Gasteiger partial charge is 0.261 e. The Bertz CT molecular complexity index is 780. The molecule has 2 aromatic carbocycles. The van der Waals surface area contributed by atoms with Crippen molar-refractivity contribution in [1.29, 1.82) is 0 Å². The maximum atomic E-state index is 12.8. The SMILES string of the molecule is CCNC(=O)C(C)N(Cc1ccccc1)C(=O)COc1ccc(Cl)c(C)c1. The van der Waals surface area contributed by atoms with Crippen LogP contribution in [0.3, 0.4) is 0 Å². The predicted octanol–water partition coefficient (Wildman–Crippen LogP) is 3.58. The number of halogens is 1. The lowest BCUT2D eigenvalue weighted by atomic mass is 10.1. The molecule has 2 amide bonds. The fraction of sp³-hybridized carbons (Fsp3) is 0.333. The quantitative estimate of drug-likeness (QED) is 0.751. The number of amides is 2. The van der Waals surface area contributed by atoms with E-state index in [9.17, 15) is 9.59 Å². The van der Waals surface area contributed by atoms with E-state index in [4.69, 9.17) is 16.3 Å². The molecular weight excluding hydrogens is 364 g/mol. The molecule has 5 nitrogen and oxygen atoms in total. The number of hydrogen-bond acceptors (Lipinski definition) is 3. The Morgan fingerprint density at radius 3 is 2.52 bits per heavy atom. The van der Waals surface area contributed by atoms with Gasteiger partial charge in [-0.2, -0.15) is 0 Å². The largest absolute Gasteiger partial charge is 0.484 e. The summed E-state index contributed by atoms with van der Waals surface area (Å²) in [4.78, 5) is 26.6. The molecule has 0 radical (unpaired) electrons. The van der Waals surface area contributed by atoms with Crippen LogP contribution < -0.4 is 10.1 Å². The molecule has 6 heteroatoms. The summed E-state index contributed by atoms with van der Waals surface area (Å²) in [6.07, 6.45) is 0. The number of likely N-dealkylation sites (N-methyl/N-ethyl adjacent to an activating group) is 1. The van der Waals surface area contributed by atoms with Gasteiger partial charge in [0.05, 0.1) is 0 Å². The van der Waals surface area contributed by atoms with Gasteiger partial charge in [-0.1, -0.05) is 41.9 Å². The first-order valence-corrected chi connectivity index (χ1v) is 9.30. The third-order valence-corrected chi connectivity index (χ3v) is 4.63. The van der Waals surface area contributed by atoms with Crippen molar-refractivity contribution in [2.45, 2.75) is 33.4 Å². The van der Waals surface area contributed by atoms with Gasteiger partial charge in [-0.15, -0.1) is 0 Å². The van der Waals surface area contributed by atoms with Crippen LogP contribution in [0, 0.1) is 6.92 Å². The van der Waals surface area contributed by atoms with Crippen LogP contribution in [0.1, 0.15) is 25.0 Å². The Labute approximate surface area is 165 Å². The Morgan fingerprint density at radius 2 is 1.89 bits per heavy atom. The minimum Gasteiger partial charge on any atom is -0.484 e. The van der Waals surface area contributed by atoms with Crippen molar-refractivity contribution in [1.82, 2.24) is 10.2 Å². The predicted molar refractivity (Wildman–Crippen MR) is 107 cm³/mol. The average molecular weight is 389 g/mol. The monoisotopic (exact) mass is 388 g/mol. The molecule has 0 fully saturated rings. The molecule has 2 aromatic rings. The molecule has 0 aliphatic heterocycles. The van der Waals surface area contributed by atoms with Gasteiger partial charge in [0.1, 0.15) is 11.8 Å². The summed E-state index contributed by atoms with van der Waals surface area (Å²) in [5.41, 5.74) is 1.82. The van der Waals surface area contributed by atoms with Crippen LogP contribution in [0.25, 0.3) is 0 Å². The van der Waals surface area contributed by atoms with E-state index in [0.717, 1.165) is 11.1 Å². The molecule has 0 heterocycles. The van der Waals surface area contributed by atoms with Gasteiger partial charge in [0.2, 0.25) is 5.91 Å². The van der Waals surface area contributed by atoms with E-state index < -0.39 is 6.04 Å². The number of nitrogens with one attached hydrogen (secondary N) is 1. The van der Waals surface area contributed by atoms with Crippen molar-refractivity contribution < 1.29 is 14.3 Å². The minimum absolute atomic E-state index is 0.155. The molecule has 27 heavy (non-hydrogen) atoms. The Hall–Kier alpha value is -2.53. The van der Waals surface area contributed by atoms with Gasteiger partial charge in [0.15, 0.2) is 6.61 Å². The summed E-state index contributed by atoms with van der Waals surface area (Å²) in [5, 5.41) is 3.41. The molecule has 1 atom stereocenters. The zero-order valence-electron chi connectivity index (χ0n) is 15.9. The highest BCUT2D eigenvalue weighted by Crippen LogP contribution is 2.21. The van der Waals surface area contributed by atoms with E-state index in [1.807, 2.05) is 44.2 Å². The number of hydrogen-bond donors (Lipinski definition) is 1.